The molecule has 130 valence electrons. The maximum Gasteiger partial charge on any atom is 0.214 e. The summed E-state index contributed by atoms with van der Waals surface area (Å²) in [5.74, 6) is 1.56. The molecule has 0 spiro atoms. The second-order valence-corrected chi connectivity index (χ2v) is 5.48. The van der Waals surface area contributed by atoms with Crippen LogP contribution < -0.4 is 10.1 Å². The van der Waals surface area contributed by atoms with E-state index >= 15 is 0 Å². The van der Waals surface area contributed by atoms with Gasteiger partial charge >= 0.3 is 0 Å². The van der Waals surface area contributed by atoms with Gasteiger partial charge in [0.1, 0.15) is 24.1 Å². The van der Waals surface area contributed by atoms with Crippen LogP contribution in [0.2, 0.25) is 0 Å². The number of methoxy groups -OCH3 is 1. The van der Waals surface area contributed by atoms with E-state index in [1.165, 1.54) is 12.1 Å². The molecule has 1 aromatic carbocycles. The summed E-state index contributed by atoms with van der Waals surface area (Å²) in [4.78, 5) is 13.1. The number of nitrogens with zero attached hydrogens (tertiary/aromatic N) is 3. The lowest BCUT2D eigenvalue weighted by Crippen LogP contribution is -2.07. The molecule has 3 rings (SSSR count). The first-order valence-corrected chi connectivity index (χ1v) is 7.90. The van der Waals surface area contributed by atoms with Crippen molar-refractivity contribution in [2.45, 2.75) is 13.5 Å². The number of rotatable bonds is 7. The zero-order valence-electron chi connectivity index (χ0n) is 14.1. The van der Waals surface area contributed by atoms with Crippen molar-refractivity contribution in [3.63, 3.8) is 0 Å². The number of aryl methyl sites for hydroxylation is 1. The number of halogens is 1. The minimum Gasteiger partial charge on any atom is -0.475 e. The van der Waals surface area contributed by atoms with Gasteiger partial charge in [-0.1, -0.05) is 12.1 Å². The third-order valence-electron chi connectivity index (χ3n) is 3.58. The molecule has 0 aliphatic carbocycles. The van der Waals surface area contributed by atoms with E-state index in [0.717, 1.165) is 16.5 Å². The molecule has 0 saturated heterocycles. The number of anilines is 1. The van der Waals surface area contributed by atoms with E-state index in [1.54, 1.807) is 31.5 Å². The molecule has 2 aromatic heterocycles. The van der Waals surface area contributed by atoms with Gasteiger partial charge in [0.2, 0.25) is 5.88 Å². The Morgan fingerprint density at radius 2 is 1.92 bits per heavy atom. The molecule has 0 saturated carbocycles. The zero-order chi connectivity index (χ0) is 17.6. The Morgan fingerprint density at radius 3 is 2.68 bits per heavy atom. The second-order valence-electron chi connectivity index (χ2n) is 5.48. The predicted molar refractivity (Wildman–Crippen MR) is 93.2 cm³/mol. The van der Waals surface area contributed by atoms with Gasteiger partial charge in [0.05, 0.1) is 18.3 Å². The minimum atomic E-state index is -0.254. The van der Waals surface area contributed by atoms with Crippen molar-refractivity contribution in [3.8, 4) is 5.88 Å². The molecule has 7 heteroatoms. The van der Waals surface area contributed by atoms with Crippen LogP contribution in [0, 0.1) is 12.7 Å². The molecule has 0 radical (unpaired) electrons. The zero-order valence-corrected chi connectivity index (χ0v) is 14.1. The first kappa shape index (κ1) is 17.0. The van der Waals surface area contributed by atoms with Crippen molar-refractivity contribution in [2.75, 3.05) is 25.6 Å². The summed E-state index contributed by atoms with van der Waals surface area (Å²) in [5, 5.41) is 4.09. The quantitative estimate of drug-likeness (QED) is 0.666. The van der Waals surface area contributed by atoms with Crippen LogP contribution in [0.25, 0.3) is 10.9 Å². The molecular weight excluding hydrogens is 323 g/mol. The third kappa shape index (κ3) is 4.39. The van der Waals surface area contributed by atoms with Gasteiger partial charge in [-0.3, -0.25) is 0 Å². The molecule has 3 aromatic rings. The van der Waals surface area contributed by atoms with E-state index in [4.69, 9.17) is 9.47 Å². The van der Waals surface area contributed by atoms with Gasteiger partial charge < -0.3 is 14.8 Å². The summed E-state index contributed by atoms with van der Waals surface area (Å²) in [6.45, 7) is 3.25. The van der Waals surface area contributed by atoms with Crippen LogP contribution in [0.3, 0.4) is 0 Å². The SMILES string of the molecule is COCCOc1cc2c(NCc3ccc(F)cc3)nc(C)nc2cn1. The Hall–Kier alpha value is -2.80. The number of fused-ring (bicyclic) bond motifs is 1. The molecule has 2 heterocycles. The van der Waals surface area contributed by atoms with E-state index < -0.39 is 0 Å². The van der Waals surface area contributed by atoms with Gasteiger partial charge in [-0.25, -0.2) is 19.3 Å². The molecule has 0 aliphatic heterocycles. The van der Waals surface area contributed by atoms with Gasteiger partial charge in [-0.05, 0) is 24.6 Å². The normalized spacial score (nSPS) is 10.8. The first-order chi connectivity index (χ1) is 12.2. The highest BCUT2D eigenvalue weighted by molar-refractivity contribution is 5.89. The summed E-state index contributed by atoms with van der Waals surface area (Å²) in [6, 6.07) is 8.15. The standard InChI is InChI=1S/C18H19FN4O2/c1-12-22-16-11-20-17(25-8-7-24-2)9-15(16)18(23-12)21-10-13-3-5-14(19)6-4-13/h3-6,9,11H,7-8,10H2,1-2H3,(H,21,22,23). The highest BCUT2D eigenvalue weighted by atomic mass is 19.1. The van der Waals surface area contributed by atoms with Crippen molar-refractivity contribution in [2.24, 2.45) is 0 Å². The minimum absolute atomic E-state index is 0.254. The van der Waals surface area contributed by atoms with Crippen molar-refractivity contribution in [3.05, 3.63) is 53.7 Å². The number of hydrogen-bond donors (Lipinski definition) is 1. The highest BCUT2D eigenvalue weighted by Gasteiger charge is 2.09. The van der Waals surface area contributed by atoms with Crippen LogP contribution in [0.4, 0.5) is 10.2 Å². The van der Waals surface area contributed by atoms with Crippen LogP contribution in [0.1, 0.15) is 11.4 Å². The summed E-state index contributed by atoms with van der Waals surface area (Å²) in [6.07, 6.45) is 1.66. The number of aromatic nitrogens is 3. The van der Waals surface area contributed by atoms with Crippen molar-refractivity contribution >= 4 is 16.7 Å². The molecule has 6 nitrogen and oxygen atoms in total. The molecule has 25 heavy (non-hydrogen) atoms. The number of pyridine rings is 1. The topological polar surface area (TPSA) is 69.2 Å². The molecular formula is C18H19FN4O2. The average Bonchev–Trinajstić information content (AvgIpc) is 2.61. The monoisotopic (exact) mass is 342 g/mol. The lowest BCUT2D eigenvalue weighted by molar-refractivity contribution is 0.144. The summed E-state index contributed by atoms with van der Waals surface area (Å²) in [7, 11) is 1.62. The maximum atomic E-state index is 13.0. The number of hydrogen-bond acceptors (Lipinski definition) is 6. The smallest absolute Gasteiger partial charge is 0.214 e. The Balaban J connectivity index is 1.84. The fourth-order valence-electron chi connectivity index (χ4n) is 2.36. The van der Waals surface area contributed by atoms with Crippen molar-refractivity contribution in [1.29, 1.82) is 0 Å². The molecule has 1 N–H and O–H groups in total. The summed E-state index contributed by atoms with van der Waals surface area (Å²) >= 11 is 0. The number of benzene rings is 1. The Bertz CT molecular complexity index is 856. The number of ether oxygens (including phenoxy) is 2. The van der Waals surface area contributed by atoms with Gasteiger partial charge in [-0.15, -0.1) is 0 Å². The van der Waals surface area contributed by atoms with E-state index in [2.05, 4.69) is 20.3 Å². The highest BCUT2D eigenvalue weighted by Crippen LogP contribution is 2.24. The van der Waals surface area contributed by atoms with Gasteiger partial charge in [-0.2, -0.15) is 0 Å². The Labute approximate surface area is 145 Å². The lowest BCUT2D eigenvalue weighted by Gasteiger charge is -2.11. The molecule has 0 fully saturated rings. The van der Waals surface area contributed by atoms with E-state index in [-0.39, 0.29) is 5.82 Å². The van der Waals surface area contributed by atoms with Crippen LogP contribution in [0.15, 0.2) is 36.5 Å². The van der Waals surface area contributed by atoms with Gasteiger partial charge in [0, 0.05) is 25.1 Å². The second kappa shape index (κ2) is 7.85. The fourth-order valence-corrected chi connectivity index (χ4v) is 2.36. The number of nitrogens with one attached hydrogen (secondary N) is 1. The van der Waals surface area contributed by atoms with Crippen LogP contribution in [0.5, 0.6) is 5.88 Å². The summed E-state index contributed by atoms with van der Waals surface area (Å²) in [5.41, 5.74) is 1.68. The average molecular weight is 342 g/mol. The van der Waals surface area contributed by atoms with Crippen LogP contribution in [-0.4, -0.2) is 35.3 Å². The van der Waals surface area contributed by atoms with Gasteiger partial charge in [0.15, 0.2) is 0 Å². The van der Waals surface area contributed by atoms with Crippen LogP contribution >= 0.6 is 0 Å². The third-order valence-corrected chi connectivity index (χ3v) is 3.58. The van der Waals surface area contributed by atoms with Crippen molar-refractivity contribution in [1.82, 2.24) is 15.0 Å². The molecule has 0 atom stereocenters. The Kier molecular flexibility index (Phi) is 5.35. The maximum absolute atomic E-state index is 13.0. The van der Waals surface area contributed by atoms with E-state index in [0.29, 0.717) is 37.3 Å². The molecule has 0 aliphatic rings. The predicted octanol–water partition coefficient (Wildman–Crippen LogP) is 3.11. The molecule has 0 unspecified atom stereocenters. The van der Waals surface area contributed by atoms with Gasteiger partial charge in [0.25, 0.3) is 0 Å². The fraction of sp³-hybridized carbons (Fsp3) is 0.278. The van der Waals surface area contributed by atoms with Crippen molar-refractivity contribution < 1.29 is 13.9 Å². The van der Waals surface area contributed by atoms with E-state index in [1.807, 2.05) is 6.92 Å². The first-order valence-electron chi connectivity index (χ1n) is 7.90. The summed E-state index contributed by atoms with van der Waals surface area (Å²) < 4.78 is 23.5. The van der Waals surface area contributed by atoms with Crippen LogP contribution in [-0.2, 0) is 11.3 Å². The molecule has 0 bridgehead atoms. The molecule has 0 amide bonds. The van der Waals surface area contributed by atoms with E-state index in [9.17, 15) is 4.39 Å². The lowest BCUT2D eigenvalue weighted by atomic mass is 10.2. The Morgan fingerprint density at radius 1 is 1.12 bits per heavy atom. The largest absolute Gasteiger partial charge is 0.475 e.